The normalized spacial score (nSPS) is 21.8. The van der Waals surface area contributed by atoms with Crippen LogP contribution in [0.4, 0.5) is 10.7 Å². The van der Waals surface area contributed by atoms with Crippen LogP contribution in [0.2, 0.25) is 0 Å². The maximum Gasteiger partial charge on any atom is 0.410 e. The van der Waals surface area contributed by atoms with Gasteiger partial charge in [-0.25, -0.2) is 14.8 Å². The van der Waals surface area contributed by atoms with Crippen molar-refractivity contribution in [3.8, 4) is 17.0 Å². The summed E-state index contributed by atoms with van der Waals surface area (Å²) in [7, 11) is 3.09. The predicted octanol–water partition coefficient (Wildman–Crippen LogP) is 5.65. The molecule has 6 rings (SSSR count). The van der Waals surface area contributed by atoms with Gasteiger partial charge in [0.05, 0.1) is 30.9 Å². The molecule has 2 aliphatic heterocycles. The number of esters is 1. The summed E-state index contributed by atoms with van der Waals surface area (Å²) in [5.74, 6) is 1.34. The summed E-state index contributed by atoms with van der Waals surface area (Å²) in [6.07, 6.45) is 3.05. The highest BCUT2D eigenvalue weighted by molar-refractivity contribution is 5.84. The second-order valence-electron chi connectivity index (χ2n) is 13.7. The van der Waals surface area contributed by atoms with Crippen molar-refractivity contribution in [2.75, 3.05) is 38.8 Å². The second kappa shape index (κ2) is 12.2. The first-order valence-electron chi connectivity index (χ1n) is 15.9. The highest BCUT2D eigenvalue weighted by Crippen LogP contribution is 2.62. The van der Waals surface area contributed by atoms with Crippen LogP contribution in [-0.4, -0.2) is 72.5 Å². The van der Waals surface area contributed by atoms with Gasteiger partial charge in [0, 0.05) is 38.5 Å². The van der Waals surface area contributed by atoms with E-state index < -0.39 is 11.0 Å². The third kappa shape index (κ3) is 5.90. The maximum atomic E-state index is 12.8. The Hall–Kier alpha value is -4.18. The van der Waals surface area contributed by atoms with Gasteiger partial charge in [0.2, 0.25) is 5.95 Å². The minimum Gasteiger partial charge on any atom is -0.488 e. The summed E-state index contributed by atoms with van der Waals surface area (Å²) in [5, 5.41) is 0. The number of ether oxygens (including phenoxy) is 4. The maximum absolute atomic E-state index is 12.8. The fourth-order valence-electron chi connectivity index (χ4n) is 7.17. The lowest BCUT2D eigenvalue weighted by Gasteiger charge is -2.32. The largest absolute Gasteiger partial charge is 0.488 e. The summed E-state index contributed by atoms with van der Waals surface area (Å²) in [6.45, 7) is 12.4. The molecule has 3 aromatic rings. The van der Waals surface area contributed by atoms with Gasteiger partial charge in [-0.05, 0) is 93.3 Å². The Kier molecular flexibility index (Phi) is 8.43. The summed E-state index contributed by atoms with van der Waals surface area (Å²) >= 11 is 0. The minimum absolute atomic E-state index is 0.189. The third-order valence-electron chi connectivity index (χ3n) is 9.48. The van der Waals surface area contributed by atoms with Gasteiger partial charge in [-0.2, -0.15) is 0 Å². The van der Waals surface area contributed by atoms with Gasteiger partial charge in [0.25, 0.3) is 0 Å². The first-order valence-corrected chi connectivity index (χ1v) is 15.9. The van der Waals surface area contributed by atoms with E-state index in [-0.39, 0.29) is 24.0 Å². The number of nitrogens with zero attached hydrogens (tertiary/aromatic N) is 4. The van der Waals surface area contributed by atoms with Gasteiger partial charge in [0.1, 0.15) is 18.0 Å². The van der Waals surface area contributed by atoms with E-state index in [1.54, 1.807) is 18.2 Å². The summed E-state index contributed by atoms with van der Waals surface area (Å²) in [5.41, 5.74) is 6.16. The monoisotopic (exact) mass is 628 g/mol. The molecule has 2 fully saturated rings. The van der Waals surface area contributed by atoms with E-state index >= 15 is 0 Å². The van der Waals surface area contributed by atoms with Crippen LogP contribution in [0.3, 0.4) is 0 Å². The van der Waals surface area contributed by atoms with E-state index in [1.807, 2.05) is 52.0 Å². The fraction of sp³-hybridized carbons (Fsp3) is 0.500. The number of fused-ring (bicyclic) bond motifs is 2. The summed E-state index contributed by atoms with van der Waals surface area (Å²) in [4.78, 5) is 39.0. The molecule has 1 saturated carbocycles. The molecule has 46 heavy (non-hydrogen) atoms. The molecular formula is C36H44N4O6. The Morgan fingerprint density at radius 2 is 1.89 bits per heavy atom. The number of carbonyl (C=O) groups excluding carboxylic acids is 2. The van der Waals surface area contributed by atoms with Crippen LogP contribution in [0.5, 0.6) is 5.75 Å². The third-order valence-corrected chi connectivity index (χ3v) is 9.48. The van der Waals surface area contributed by atoms with Crippen LogP contribution >= 0.6 is 0 Å². The molecule has 1 amide bonds. The van der Waals surface area contributed by atoms with Crippen molar-refractivity contribution in [3.63, 3.8) is 0 Å². The Balaban J connectivity index is 1.21. The lowest BCUT2D eigenvalue weighted by Crippen LogP contribution is -2.44. The van der Waals surface area contributed by atoms with Crippen molar-refractivity contribution in [1.82, 2.24) is 14.9 Å². The number of piperidine rings is 1. The topological polar surface area (TPSA) is 103 Å². The van der Waals surface area contributed by atoms with Crippen molar-refractivity contribution in [3.05, 3.63) is 70.4 Å². The van der Waals surface area contributed by atoms with Gasteiger partial charge in [-0.3, -0.25) is 4.79 Å². The molecule has 10 nitrogen and oxygen atoms in total. The first kappa shape index (κ1) is 31.8. The van der Waals surface area contributed by atoms with E-state index in [2.05, 4.69) is 28.9 Å². The van der Waals surface area contributed by atoms with Gasteiger partial charge in [0.15, 0.2) is 0 Å². The SMILES string of the molecule is COC[C@H]1N(c2nccc(-c3cccc(C)c3OCc3cc(C)c4c(c3)CCN(C(=O)OC(C)(C)C)C4)n2)C[C@@H]2C[C@@]21C(=O)OC. The number of methoxy groups -OCH3 is 2. The number of hydrogen-bond donors (Lipinski definition) is 0. The lowest BCUT2D eigenvalue weighted by molar-refractivity contribution is -0.148. The average molecular weight is 629 g/mol. The van der Waals surface area contributed by atoms with Crippen molar-refractivity contribution >= 4 is 18.0 Å². The van der Waals surface area contributed by atoms with Crippen LogP contribution in [-0.2, 0) is 38.6 Å². The van der Waals surface area contributed by atoms with E-state index in [1.165, 1.54) is 18.2 Å². The van der Waals surface area contributed by atoms with Crippen molar-refractivity contribution in [1.29, 1.82) is 0 Å². The molecule has 1 aliphatic carbocycles. The molecule has 0 bridgehead atoms. The predicted molar refractivity (Wildman–Crippen MR) is 174 cm³/mol. The Bertz CT molecular complexity index is 1650. The number of carbonyl (C=O) groups is 2. The number of rotatable bonds is 8. The van der Waals surface area contributed by atoms with Gasteiger partial charge >= 0.3 is 12.1 Å². The quantitative estimate of drug-likeness (QED) is 0.293. The molecule has 2 aromatic carbocycles. The highest BCUT2D eigenvalue weighted by Gasteiger charge is 2.71. The second-order valence-corrected chi connectivity index (χ2v) is 13.7. The van der Waals surface area contributed by atoms with Crippen molar-refractivity contribution in [2.24, 2.45) is 11.3 Å². The Labute approximate surface area is 271 Å². The number of hydrogen-bond acceptors (Lipinski definition) is 9. The fourth-order valence-corrected chi connectivity index (χ4v) is 7.17. The van der Waals surface area contributed by atoms with Gasteiger partial charge in [-0.1, -0.05) is 24.3 Å². The average Bonchev–Trinajstić information content (AvgIpc) is 3.67. The molecule has 0 unspecified atom stereocenters. The van der Waals surface area contributed by atoms with E-state index in [0.717, 1.165) is 46.5 Å². The van der Waals surface area contributed by atoms with E-state index in [9.17, 15) is 9.59 Å². The minimum atomic E-state index is -0.567. The number of para-hydroxylation sites is 1. The molecule has 0 spiro atoms. The van der Waals surface area contributed by atoms with E-state index in [0.29, 0.717) is 38.8 Å². The molecule has 1 aromatic heterocycles. The van der Waals surface area contributed by atoms with Crippen molar-refractivity contribution < 1.29 is 28.5 Å². The molecule has 1 saturated heterocycles. The molecular weight excluding hydrogens is 584 g/mol. The molecule has 244 valence electrons. The summed E-state index contributed by atoms with van der Waals surface area (Å²) < 4.78 is 22.9. The van der Waals surface area contributed by atoms with Crippen molar-refractivity contribution in [2.45, 2.75) is 72.3 Å². The molecule has 3 aliphatic rings. The zero-order valence-corrected chi connectivity index (χ0v) is 27.9. The summed E-state index contributed by atoms with van der Waals surface area (Å²) in [6, 6.07) is 12.1. The van der Waals surface area contributed by atoms with Gasteiger partial charge in [-0.15, -0.1) is 0 Å². The molecule has 0 radical (unpaired) electrons. The molecule has 3 heterocycles. The lowest BCUT2D eigenvalue weighted by atomic mass is 9.93. The van der Waals surface area contributed by atoms with Gasteiger partial charge < -0.3 is 28.7 Å². The van der Waals surface area contributed by atoms with Crippen LogP contribution in [0.15, 0.2) is 42.6 Å². The number of benzene rings is 2. The van der Waals surface area contributed by atoms with E-state index in [4.69, 9.17) is 23.9 Å². The zero-order valence-electron chi connectivity index (χ0n) is 27.9. The van der Waals surface area contributed by atoms with Crippen LogP contribution in [0.1, 0.15) is 55.0 Å². The Morgan fingerprint density at radius 1 is 1.09 bits per heavy atom. The smallest absolute Gasteiger partial charge is 0.410 e. The molecule has 0 N–H and O–H groups in total. The number of amides is 1. The van der Waals surface area contributed by atoms with Crippen LogP contribution < -0.4 is 9.64 Å². The number of anilines is 1. The zero-order chi connectivity index (χ0) is 32.8. The Morgan fingerprint density at radius 3 is 2.63 bits per heavy atom. The van der Waals surface area contributed by atoms with Crippen LogP contribution in [0.25, 0.3) is 11.3 Å². The first-order chi connectivity index (χ1) is 21.9. The van der Waals surface area contributed by atoms with Crippen LogP contribution in [0, 0.1) is 25.2 Å². The molecule has 3 atom stereocenters. The molecule has 10 heteroatoms. The number of aromatic nitrogens is 2. The number of aryl methyl sites for hydroxylation is 2. The highest BCUT2D eigenvalue weighted by atomic mass is 16.6. The standard InChI is InChI=1S/C36H44N4O6/c1-22-9-8-10-27(29-11-13-37-33(38-29)40-18-26-17-36(26,32(41)44-7)30(40)21-43-6)31(22)45-20-24-15-23(2)28-19-39(14-12-25(28)16-24)34(42)46-35(3,4)5/h8-11,13,15-16,26,30H,12,14,17-21H2,1-7H3/t26-,30+,36+/m0/s1.